The maximum Gasteiger partial charge on any atom is 0.269 e. The molecule has 1 aliphatic rings. The Bertz CT molecular complexity index is 1340. The highest BCUT2D eigenvalue weighted by Gasteiger charge is 2.31. The van der Waals surface area contributed by atoms with Gasteiger partial charge in [-0.05, 0) is 53.4 Å². The Hall–Kier alpha value is -2.77. The molecular weight excluding hydrogens is 440 g/mol. The van der Waals surface area contributed by atoms with Gasteiger partial charge in [0.1, 0.15) is 11.2 Å². The van der Waals surface area contributed by atoms with Gasteiger partial charge in [0.05, 0.1) is 4.53 Å². The normalized spacial score (nSPS) is 17.1. The number of benzene rings is 1. The first kappa shape index (κ1) is 22.4. The van der Waals surface area contributed by atoms with E-state index in [2.05, 4.69) is 0 Å². The van der Waals surface area contributed by atoms with Crippen molar-refractivity contribution in [3.63, 3.8) is 0 Å². The predicted molar refractivity (Wildman–Crippen MR) is 132 cm³/mol. The molecular formula is C25H26N2O3S2. The van der Waals surface area contributed by atoms with E-state index in [0.29, 0.717) is 9.20 Å². The van der Waals surface area contributed by atoms with E-state index in [9.17, 15) is 14.4 Å². The second-order valence-corrected chi connectivity index (χ2v) is 10.9. The van der Waals surface area contributed by atoms with Gasteiger partial charge in [-0.2, -0.15) is 11.3 Å². The number of aromatic nitrogens is 1. The van der Waals surface area contributed by atoms with Crippen LogP contribution in [0.4, 0.5) is 5.69 Å². The minimum atomic E-state index is -0.575. The van der Waals surface area contributed by atoms with Crippen molar-refractivity contribution in [2.24, 2.45) is 5.41 Å². The zero-order chi connectivity index (χ0) is 23.0. The number of thiophene rings is 1. The van der Waals surface area contributed by atoms with Gasteiger partial charge in [0.15, 0.2) is 5.78 Å². The molecule has 0 N–H and O–H groups in total. The van der Waals surface area contributed by atoms with Gasteiger partial charge in [0, 0.05) is 23.2 Å². The van der Waals surface area contributed by atoms with Gasteiger partial charge in [0.2, 0.25) is 5.91 Å². The zero-order valence-electron chi connectivity index (χ0n) is 18.6. The molecule has 1 amide bonds. The number of nitrogens with zero attached hydrogens (tertiary/aromatic N) is 2. The summed E-state index contributed by atoms with van der Waals surface area (Å²) in [6.45, 7) is 7.44. The van der Waals surface area contributed by atoms with Crippen molar-refractivity contribution in [2.45, 2.75) is 46.7 Å². The Labute approximate surface area is 194 Å². The third kappa shape index (κ3) is 4.40. The quantitative estimate of drug-likeness (QED) is 0.594. The summed E-state index contributed by atoms with van der Waals surface area (Å²) in [6.07, 6.45) is 4.11. The monoisotopic (exact) mass is 466 g/mol. The number of hydrogen-bond donors (Lipinski definition) is 0. The molecule has 1 aliphatic heterocycles. The van der Waals surface area contributed by atoms with E-state index < -0.39 is 5.41 Å². The van der Waals surface area contributed by atoms with Crippen LogP contribution in [0.25, 0.3) is 12.2 Å². The van der Waals surface area contributed by atoms with Crippen LogP contribution in [-0.2, 0) is 22.6 Å². The van der Waals surface area contributed by atoms with Crippen LogP contribution in [0.5, 0.6) is 0 Å². The second-order valence-electron chi connectivity index (χ2n) is 9.10. The fourth-order valence-corrected chi connectivity index (χ4v) is 5.45. The Kier molecular flexibility index (Phi) is 6.05. The molecule has 0 fully saturated rings. The third-order valence-electron chi connectivity index (χ3n) is 5.54. The maximum atomic E-state index is 13.4. The molecule has 0 radical (unpaired) electrons. The summed E-state index contributed by atoms with van der Waals surface area (Å²) in [5, 5.41) is 3.91. The predicted octanol–water partition coefficient (Wildman–Crippen LogP) is 3.17. The second kappa shape index (κ2) is 8.64. The van der Waals surface area contributed by atoms with Crippen molar-refractivity contribution < 1.29 is 9.59 Å². The van der Waals surface area contributed by atoms with Crippen LogP contribution in [0.3, 0.4) is 0 Å². The summed E-state index contributed by atoms with van der Waals surface area (Å²) in [5.41, 5.74) is 2.14. The fourth-order valence-electron chi connectivity index (χ4n) is 3.79. The first-order valence-corrected chi connectivity index (χ1v) is 12.3. The molecule has 0 aliphatic carbocycles. The van der Waals surface area contributed by atoms with Crippen LogP contribution >= 0.6 is 22.7 Å². The molecule has 5 nitrogen and oxygen atoms in total. The highest BCUT2D eigenvalue weighted by atomic mass is 32.1. The van der Waals surface area contributed by atoms with Crippen LogP contribution in [0, 0.1) is 5.41 Å². The number of fused-ring (bicyclic) bond motifs is 1. The lowest BCUT2D eigenvalue weighted by atomic mass is 9.91. The standard InChI is InChI=1S/C25H26N2O3S2/c1-16-11-18-7-5-6-8-19(18)27(16)22(29)14-26-23(13-21(28)25(2,3)4)32-20(24(26)30)12-17-9-10-31-15-17/h5-10,12-13,15-16H,11,14H2,1-4H3/b20-12+,23-13-. The first-order chi connectivity index (χ1) is 15.1. The number of anilines is 1. The number of Topliss-reactive ketones (excluding diaryl/α,β-unsaturated/α-hetero) is 1. The van der Waals surface area contributed by atoms with E-state index in [0.717, 1.165) is 23.2 Å². The van der Waals surface area contributed by atoms with Gasteiger partial charge in [-0.25, -0.2) is 0 Å². The summed E-state index contributed by atoms with van der Waals surface area (Å²) in [5.74, 6) is -0.232. The van der Waals surface area contributed by atoms with Crippen molar-refractivity contribution in [1.82, 2.24) is 4.57 Å². The number of amides is 1. The van der Waals surface area contributed by atoms with E-state index in [4.69, 9.17) is 0 Å². The van der Waals surface area contributed by atoms with E-state index in [1.165, 1.54) is 22.0 Å². The Balaban J connectivity index is 1.78. The molecule has 1 unspecified atom stereocenters. The van der Waals surface area contributed by atoms with Crippen LogP contribution in [0.1, 0.15) is 38.8 Å². The highest BCUT2D eigenvalue weighted by Crippen LogP contribution is 2.31. The molecule has 0 saturated carbocycles. The Morgan fingerprint density at radius 2 is 1.94 bits per heavy atom. The molecule has 32 heavy (non-hydrogen) atoms. The number of ketones is 1. The third-order valence-corrected chi connectivity index (χ3v) is 7.30. The SMILES string of the molecule is CC1Cc2ccccc2N1C(=O)Cn1c(=O)/c(=C\c2ccsc2)s/c1=C\C(=O)C(C)(C)C. The van der Waals surface area contributed by atoms with Gasteiger partial charge in [0.25, 0.3) is 5.56 Å². The molecule has 3 heterocycles. The summed E-state index contributed by atoms with van der Waals surface area (Å²) >= 11 is 2.80. The lowest BCUT2D eigenvalue weighted by Gasteiger charge is -2.23. The van der Waals surface area contributed by atoms with Crippen molar-refractivity contribution in [3.8, 4) is 0 Å². The van der Waals surface area contributed by atoms with Crippen molar-refractivity contribution in [3.05, 3.63) is 71.8 Å². The first-order valence-electron chi connectivity index (χ1n) is 10.5. The minimum absolute atomic E-state index is 0.0229. The van der Waals surface area contributed by atoms with Gasteiger partial charge in [-0.1, -0.05) is 39.0 Å². The molecule has 0 spiro atoms. The summed E-state index contributed by atoms with van der Waals surface area (Å²) in [4.78, 5) is 41.1. The largest absolute Gasteiger partial charge is 0.307 e. The van der Waals surface area contributed by atoms with Crippen LogP contribution < -0.4 is 19.7 Å². The lowest BCUT2D eigenvalue weighted by molar-refractivity contribution is -0.120. The van der Waals surface area contributed by atoms with Gasteiger partial charge < -0.3 is 4.90 Å². The average Bonchev–Trinajstić information content (AvgIpc) is 3.42. The molecule has 1 atom stereocenters. The smallest absolute Gasteiger partial charge is 0.269 e. The number of rotatable bonds is 4. The van der Waals surface area contributed by atoms with Gasteiger partial charge >= 0.3 is 0 Å². The summed E-state index contributed by atoms with van der Waals surface area (Å²) in [7, 11) is 0. The molecule has 1 aromatic carbocycles. The molecule has 0 bridgehead atoms. The van der Waals surface area contributed by atoms with Crippen LogP contribution in [0.2, 0.25) is 0 Å². The molecule has 3 aromatic rings. The van der Waals surface area contributed by atoms with Gasteiger partial charge in [-0.3, -0.25) is 19.0 Å². The Morgan fingerprint density at radius 3 is 2.62 bits per heavy atom. The molecule has 7 heteroatoms. The highest BCUT2D eigenvalue weighted by molar-refractivity contribution is 7.08. The molecule has 4 rings (SSSR count). The van der Waals surface area contributed by atoms with Crippen molar-refractivity contribution in [2.75, 3.05) is 4.90 Å². The average molecular weight is 467 g/mol. The lowest BCUT2D eigenvalue weighted by Crippen LogP contribution is -2.43. The van der Waals surface area contributed by atoms with Crippen molar-refractivity contribution >= 4 is 52.2 Å². The number of carbonyl (C=O) groups is 2. The Morgan fingerprint density at radius 1 is 1.19 bits per heavy atom. The molecule has 166 valence electrons. The maximum absolute atomic E-state index is 13.4. The number of para-hydroxylation sites is 1. The minimum Gasteiger partial charge on any atom is -0.307 e. The van der Waals surface area contributed by atoms with Crippen LogP contribution in [0.15, 0.2) is 45.9 Å². The summed E-state index contributed by atoms with van der Waals surface area (Å²) < 4.78 is 2.46. The number of carbonyl (C=O) groups excluding carboxylic acids is 2. The molecule has 2 aromatic heterocycles. The topological polar surface area (TPSA) is 59.4 Å². The van der Waals surface area contributed by atoms with E-state index >= 15 is 0 Å². The fraction of sp³-hybridized carbons (Fsp3) is 0.320. The number of thiazole rings is 1. The molecule has 0 saturated heterocycles. The van der Waals surface area contributed by atoms with E-state index in [-0.39, 0.29) is 29.8 Å². The van der Waals surface area contributed by atoms with Crippen molar-refractivity contribution in [1.29, 1.82) is 0 Å². The summed E-state index contributed by atoms with van der Waals surface area (Å²) in [6, 6.07) is 9.83. The number of hydrogen-bond acceptors (Lipinski definition) is 5. The van der Waals surface area contributed by atoms with Crippen LogP contribution in [-0.4, -0.2) is 22.3 Å². The van der Waals surface area contributed by atoms with E-state index in [1.807, 2.05) is 74.9 Å². The van der Waals surface area contributed by atoms with E-state index in [1.54, 1.807) is 16.2 Å². The van der Waals surface area contributed by atoms with Gasteiger partial charge in [-0.15, -0.1) is 11.3 Å². The zero-order valence-corrected chi connectivity index (χ0v) is 20.3.